The molecule has 2 heterocycles. The van der Waals surface area contributed by atoms with E-state index in [0.717, 1.165) is 50.7 Å². The van der Waals surface area contributed by atoms with Crippen LogP contribution in [-0.4, -0.2) is 54.8 Å². The number of nitrogens with one attached hydrogen (secondary N) is 1. The van der Waals surface area contributed by atoms with Gasteiger partial charge in [-0.05, 0) is 84.2 Å². The quantitative estimate of drug-likeness (QED) is 0.436. The molecule has 38 heavy (non-hydrogen) atoms. The van der Waals surface area contributed by atoms with E-state index in [1.165, 1.54) is 67.3 Å². The van der Waals surface area contributed by atoms with Gasteiger partial charge >= 0.3 is 0 Å². The molecule has 2 saturated carbocycles. The van der Waals surface area contributed by atoms with Crippen molar-refractivity contribution in [3.05, 3.63) is 46.6 Å². The van der Waals surface area contributed by atoms with Crippen LogP contribution in [0.25, 0.3) is 11.3 Å². The largest absolute Gasteiger partial charge is 0.379 e. The third-order valence-electron chi connectivity index (χ3n) is 9.39. The molecule has 5 nitrogen and oxygen atoms in total. The summed E-state index contributed by atoms with van der Waals surface area (Å²) in [6.45, 7) is 17.5. The fraction of sp³-hybridized carbons (Fsp3) is 0.667. The van der Waals surface area contributed by atoms with Crippen LogP contribution in [0.15, 0.2) is 24.3 Å². The van der Waals surface area contributed by atoms with E-state index in [-0.39, 0.29) is 11.3 Å². The van der Waals surface area contributed by atoms with Gasteiger partial charge in [0, 0.05) is 44.1 Å². The minimum Gasteiger partial charge on any atom is -0.379 e. The third kappa shape index (κ3) is 6.20. The zero-order chi connectivity index (χ0) is 26.9. The van der Waals surface area contributed by atoms with E-state index in [1.807, 2.05) is 0 Å². The van der Waals surface area contributed by atoms with Crippen molar-refractivity contribution in [1.29, 1.82) is 0 Å². The molecule has 0 atom stereocenters. The zero-order valence-corrected chi connectivity index (χ0v) is 24.5. The molecule has 5 rings (SSSR count). The SMILES string of the molecule is Cc1c(C(=O)NCCN2CCOCC2)cc(-c2cc(C(C)(C)C)cc(C3(C)CC3)c2)n1CC1CCCCC1. The summed E-state index contributed by atoms with van der Waals surface area (Å²) in [6, 6.07) is 9.44. The fourth-order valence-electron chi connectivity index (χ4n) is 6.26. The van der Waals surface area contributed by atoms with Crippen molar-refractivity contribution in [2.45, 2.75) is 96.9 Å². The highest BCUT2D eigenvalue weighted by molar-refractivity contribution is 5.97. The van der Waals surface area contributed by atoms with Gasteiger partial charge in [-0.15, -0.1) is 0 Å². The highest BCUT2D eigenvalue weighted by Crippen LogP contribution is 2.49. The van der Waals surface area contributed by atoms with E-state index >= 15 is 0 Å². The lowest BCUT2D eigenvalue weighted by molar-refractivity contribution is 0.0383. The second-order valence-electron chi connectivity index (χ2n) is 13.5. The minimum atomic E-state index is 0.0563. The molecule has 1 aromatic carbocycles. The van der Waals surface area contributed by atoms with E-state index in [0.29, 0.717) is 17.9 Å². The molecule has 0 radical (unpaired) electrons. The van der Waals surface area contributed by atoms with Crippen LogP contribution in [0.3, 0.4) is 0 Å². The molecule has 0 bridgehead atoms. The number of aromatic nitrogens is 1. The number of hydrogen-bond acceptors (Lipinski definition) is 3. The topological polar surface area (TPSA) is 46.5 Å². The van der Waals surface area contributed by atoms with Gasteiger partial charge in [-0.2, -0.15) is 0 Å². The van der Waals surface area contributed by atoms with E-state index < -0.39 is 0 Å². The maximum absolute atomic E-state index is 13.5. The van der Waals surface area contributed by atoms with Crippen LogP contribution >= 0.6 is 0 Å². The second kappa shape index (κ2) is 11.2. The summed E-state index contributed by atoms with van der Waals surface area (Å²) in [5.74, 6) is 0.748. The van der Waals surface area contributed by atoms with Crippen LogP contribution in [0.2, 0.25) is 0 Å². The predicted octanol–water partition coefficient (Wildman–Crippen LogP) is 6.45. The maximum atomic E-state index is 13.5. The predicted molar refractivity (Wildman–Crippen MR) is 156 cm³/mol. The first-order valence-electron chi connectivity index (χ1n) is 15.1. The van der Waals surface area contributed by atoms with Crippen LogP contribution in [0.1, 0.15) is 99.8 Å². The molecule has 2 aliphatic carbocycles. The van der Waals surface area contributed by atoms with Crippen LogP contribution in [0, 0.1) is 12.8 Å². The summed E-state index contributed by atoms with van der Waals surface area (Å²) in [6.07, 6.45) is 9.14. The number of hydrogen-bond donors (Lipinski definition) is 1. The Morgan fingerprint density at radius 1 is 1.05 bits per heavy atom. The van der Waals surface area contributed by atoms with Crippen molar-refractivity contribution in [3.63, 3.8) is 0 Å². The molecule has 1 aliphatic heterocycles. The Hall–Kier alpha value is -2.11. The molecule has 5 heteroatoms. The highest BCUT2D eigenvalue weighted by Gasteiger charge is 2.40. The number of nitrogens with zero attached hydrogens (tertiary/aromatic N) is 2. The first-order chi connectivity index (χ1) is 18.1. The number of carbonyl (C=O) groups excluding carboxylic acids is 1. The molecular weight excluding hydrogens is 470 g/mol. The molecule has 1 amide bonds. The Kier molecular flexibility index (Phi) is 8.07. The van der Waals surface area contributed by atoms with Crippen LogP contribution < -0.4 is 5.32 Å². The molecule has 1 aromatic heterocycles. The van der Waals surface area contributed by atoms with Crippen LogP contribution in [0.4, 0.5) is 0 Å². The van der Waals surface area contributed by atoms with Crippen molar-refractivity contribution in [2.75, 3.05) is 39.4 Å². The summed E-state index contributed by atoms with van der Waals surface area (Å²) in [5, 5.41) is 3.23. The van der Waals surface area contributed by atoms with Gasteiger partial charge < -0.3 is 14.6 Å². The van der Waals surface area contributed by atoms with E-state index in [4.69, 9.17) is 4.74 Å². The molecule has 1 N–H and O–H groups in total. The number of morpholine rings is 1. The Morgan fingerprint density at radius 3 is 2.42 bits per heavy atom. The summed E-state index contributed by atoms with van der Waals surface area (Å²) in [4.78, 5) is 15.9. The van der Waals surface area contributed by atoms with Crippen LogP contribution in [0.5, 0.6) is 0 Å². The lowest BCUT2D eigenvalue weighted by Crippen LogP contribution is -2.41. The zero-order valence-electron chi connectivity index (χ0n) is 24.5. The van der Waals surface area contributed by atoms with Gasteiger partial charge in [0.1, 0.15) is 0 Å². The third-order valence-corrected chi connectivity index (χ3v) is 9.39. The maximum Gasteiger partial charge on any atom is 0.253 e. The summed E-state index contributed by atoms with van der Waals surface area (Å²) < 4.78 is 7.94. The van der Waals surface area contributed by atoms with Crippen LogP contribution in [-0.2, 0) is 22.1 Å². The van der Waals surface area contributed by atoms with E-state index in [9.17, 15) is 4.79 Å². The molecule has 208 valence electrons. The molecule has 3 fully saturated rings. The van der Waals surface area contributed by atoms with Gasteiger partial charge in [0.2, 0.25) is 0 Å². The minimum absolute atomic E-state index is 0.0563. The number of carbonyl (C=O) groups is 1. The van der Waals surface area contributed by atoms with Crippen molar-refractivity contribution in [2.24, 2.45) is 5.92 Å². The average Bonchev–Trinajstić information content (AvgIpc) is 3.58. The van der Waals surface area contributed by atoms with Crippen molar-refractivity contribution in [1.82, 2.24) is 14.8 Å². The average molecular weight is 520 g/mol. The molecule has 3 aliphatic rings. The van der Waals surface area contributed by atoms with Crippen molar-refractivity contribution < 1.29 is 9.53 Å². The molecule has 0 unspecified atom stereocenters. The summed E-state index contributed by atoms with van der Waals surface area (Å²) >= 11 is 0. The molecule has 0 spiro atoms. The number of amides is 1. The van der Waals surface area contributed by atoms with E-state index in [1.54, 1.807) is 0 Å². The number of rotatable bonds is 8. The summed E-state index contributed by atoms with van der Waals surface area (Å²) in [7, 11) is 0. The lowest BCUT2D eigenvalue weighted by Gasteiger charge is -2.26. The second-order valence-corrected chi connectivity index (χ2v) is 13.5. The smallest absolute Gasteiger partial charge is 0.253 e. The first kappa shape index (κ1) is 27.5. The highest BCUT2D eigenvalue weighted by atomic mass is 16.5. The van der Waals surface area contributed by atoms with Gasteiger partial charge in [-0.3, -0.25) is 9.69 Å². The Bertz CT molecular complexity index is 1100. The molecule has 2 aromatic rings. The van der Waals surface area contributed by atoms with Gasteiger partial charge in [-0.1, -0.05) is 53.0 Å². The number of benzene rings is 1. The Labute approximate surface area is 230 Å². The monoisotopic (exact) mass is 519 g/mol. The van der Waals surface area contributed by atoms with E-state index in [2.05, 4.69) is 73.7 Å². The molecular formula is C33H49N3O2. The number of ether oxygens (including phenoxy) is 1. The summed E-state index contributed by atoms with van der Waals surface area (Å²) in [5.41, 5.74) is 7.64. The van der Waals surface area contributed by atoms with Crippen molar-refractivity contribution in [3.8, 4) is 11.3 Å². The standard InChI is InChI=1S/C33H49N3O2/c1-24-29(31(37)34-13-14-35-15-17-38-18-16-35)22-30(36(24)23-25-9-7-6-8-10-25)26-19-27(32(2,3)4)21-28(20-26)33(5)11-12-33/h19-22,25H,6-18,23H2,1-5H3,(H,34,37). The van der Waals surface area contributed by atoms with Gasteiger partial charge in [0.05, 0.1) is 18.8 Å². The fourth-order valence-corrected chi connectivity index (χ4v) is 6.26. The van der Waals surface area contributed by atoms with Gasteiger partial charge in [0.25, 0.3) is 5.91 Å². The van der Waals surface area contributed by atoms with Gasteiger partial charge in [-0.25, -0.2) is 0 Å². The van der Waals surface area contributed by atoms with Crippen molar-refractivity contribution >= 4 is 5.91 Å². The normalized spacial score (nSPS) is 20.4. The first-order valence-corrected chi connectivity index (χ1v) is 15.1. The Morgan fingerprint density at radius 2 is 1.76 bits per heavy atom. The van der Waals surface area contributed by atoms with Gasteiger partial charge in [0.15, 0.2) is 0 Å². The lowest BCUT2D eigenvalue weighted by atomic mass is 9.82. The Balaban J connectivity index is 1.47. The molecule has 1 saturated heterocycles.